The van der Waals surface area contributed by atoms with Gasteiger partial charge in [-0.15, -0.1) is 10.2 Å². The number of carbonyl (C=O) groups excluding carboxylic acids is 2. The van der Waals surface area contributed by atoms with Gasteiger partial charge < -0.3 is 15.5 Å². The van der Waals surface area contributed by atoms with Crippen LogP contribution in [0.1, 0.15) is 31.7 Å². The largest absolute Gasteiger partial charge is 0.356 e. The van der Waals surface area contributed by atoms with E-state index in [1.165, 1.54) is 11.8 Å². The number of aryl methyl sites for hydroxylation is 1. The van der Waals surface area contributed by atoms with E-state index in [0.29, 0.717) is 15.7 Å². The molecule has 0 aliphatic carbocycles. The normalized spacial score (nSPS) is 14.4. The van der Waals surface area contributed by atoms with Crippen LogP contribution in [0.5, 0.6) is 0 Å². The van der Waals surface area contributed by atoms with Gasteiger partial charge in [0.25, 0.3) is 0 Å². The highest BCUT2D eigenvalue weighted by atomic mass is 35.5. The molecular formula is C22H28ClN5O2S. The Labute approximate surface area is 192 Å². The van der Waals surface area contributed by atoms with Crippen LogP contribution in [0.15, 0.2) is 35.4 Å². The second kappa shape index (κ2) is 11.3. The number of benzene rings is 1. The number of anilines is 2. The zero-order valence-electron chi connectivity index (χ0n) is 17.9. The van der Waals surface area contributed by atoms with Gasteiger partial charge in [-0.1, -0.05) is 36.4 Å². The number of nitrogens with one attached hydrogen (secondary N) is 2. The summed E-state index contributed by atoms with van der Waals surface area (Å²) in [7, 11) is 0. The maximum Gasteiger partial charge on any atom is 0.234 e. The van der Waals surface area contributed by atoms with Gasteiger partial charge in [0.15, 0.2) is 5.82 Å². The van der Waals surface area contributed by atoms with E-state index >= 15 is 0 Å². The standard InChI is InChI=1S/C22H28ClN5O2S/c1-3-10-24-22(30)16-8-11-28(12-9-16)19-6-7-21(27-26-19)31-14-20(29)25-18-13-17(23)5-4-15(18)2/h4-7,13,16H,3,8-12,14H2,1-2H3,(H,24,30)(H,25,29). The van der Waals surface area contributed by atoms with E-state index in [4.69, 9.17) is 11.6 Å². The number of amides is 2. The fourth-order valence-electron chi connectivity index (χ4n) is 3.38. The highest BCUT2D eigenvalue weighted by Gasteiger charge is 2.25. The Morgan fingerprint density at radius 2 is 1.97 bits per heavy atom. The van der Waals surface area contributed by atoms with Crippen molar-refractivity contribution in [2.45, 2.75) is 38.1 Å². The summed E-state index contributed by atoms with van der Waals surface area (Å²) in [4.78, 5) is 26.5. The number of carbonyl (C=O) groups is 2. The molecule has 1 saturated heterocycles. The van der Waals surface area contributed by atoms with Crippen molar-refractivity contribution in [2.24, 2.45) is 5.92 Å². The lowest BCUT2D eigenvalue weighted by molar-refractivity contribution is -0.125. The van der Waals surface area contributed by atoms with Crippen LogP contribution in [0.4, 0.5) is 11.5 Å². The minimum atomic E-state index is -0.121. The summed E-state index contributed by atoms with van der Waals surface area (Å²) in [5.74, 6) is 1.15. The Hall–Kier alpha value is -2.32. The van der Waals surface area contributed by atoms with Crippen LogP contribution >= 0.6 is 23.4 Å². The van der Waals surface area contributed by atoms with Crippen LogP contribution in [0, 0.1) is 12.8 Å². The quantitative estimate of drug-likeness (QED) is 0.579. The van der Waals surface area contributed by atoms with Gasteiger partial charge in [0.05, 0.1) is 5.75 Å². The SMILES string of the molecule is CCCNC(=O)C1CCN(c2ccc(SCC(=O)Nc3cc(Cl)ccc3C)nn2)CC1. The van der Waals surface area contributed by atoms with E-state index < -0.39 is 0 Å². The number of nitrogens with zero attached hydrogens (tertiary/aromatic N) is 3. The molecule has 1 aromatic heterocycles. The van der Waals surface area contributed by atoms with E-state index in [0.717, 1.165) is 50.3 Å². The molecule has 1 aliphatic heterocycles. The van der Waals surface area contributed by atoms with E-state index in [9.17, 15) is 9.59 Å². The third-order valence-electron chi connectivity index (χ3n) is 5.19. The van der Waals surface area contributed by atoms with Gasteiger partial charge in [-0.2, -0.15) is 0 Å². The molecule has 0 unspecified atom stereocenters. The summed E-state index contributed by atoms with van der Waals surface area (Å²) < 4.78 is 0. The third kappa shape index (κ3) is 6.83. The highest BCUT2D eigenvalue weighted by Crippen LogP contribution is 2.24. The second-order valence-electron chi connectivity index (χ2n) is 7.58. The Bertz CT molecular complexity index is 901. The fraction of sp³-hybridized carbons (Fsp3) is 0.455. The first-order valence-corrected chi connectivity index (χ1v) is 11.9. The van der Waals surface area contributed by atoms with E-state index in [2.05, 4.69) is 32.7 Å². The number of aromatic nitrogens is 2. The van der Waals surface area contributed by atoms with Crippen molar-refractivity contribution < 1.29 is 9.59 Å². The maximum atomic E-state index is 12.3. The van der Waals surface area contributed by atoms with E-state index in [1.54, 1.807) is 12.1 Å². The second-order valence-corrected chi connectivity index (χ2v) is 9.01. The van der Waals surface area contributed by atoms with Crippen molar-refractivity contribution in [1.82, 2.24) is 15.5 Å². The molecule has 166 valence electrons. The molecule has 2 heterocycles. The van der Waals surface area contributed by atoms with Gasteiger partial charge in [0.2, 0.25) is 11.8 Å². The molecule has 1 fully saturated rings. The molecule has 1 aromatic carbocycles. The van der Waals surface area contributed by atoms with Crippen LogP contribution in [0.25, 0.3) is 0 Å². The summed E-state index contributed by atoms with van der Waals surface area (Å²) in [6.07, 6.45) is 2.58. The first kappa shape index (κ1) is 23.3. The van der Waals surface area contributed by atoms with Gasteiger partial charge in [-0.05, 0) is 56.0 Å². The molecule has 2 aromatic rings. The molecule has 2 N–H and O–H groups in total. The lowest BCUT2D eigenvalue weighted by atomic mass is 9.96. The zero-order valence-corrected chi connectivity index (χ0v) is 19.4. The monoisotopic (exact) mass is 461 g/mol. The number of rotatable bonds is 8. The number of hydrogen-bond acceptors (Lipinski definition) is 6. The van der Waals surface area contributed by atoms with Crippen LogP contribution in [0.3, 0.4) is 0 Å². The molecule has 0 bridgehead atoms. The topological polar surface area (TPSA) is 87.2 Å². The number of thioether (sulfide) groups is 1. The molecular weight excluding hydrogens is 434 g/mol. The average molecular weight is 462 g/mol. The number of piperidine rings is 1. The molecule has 0 radical (unpaired) electrons. The molecule has 0 saturated carbocycles. The van der Waals surface area contributed by atoms with Crippen molar-refractivity contribution >= 4 is 46.7 Å². The van der Waals surface area contributed by atoms with Gasteiger partial charge in [0.1, 0.15) is 5.03 Å². The van der Waals surface area contributed by atoms with Gasteiger partial charge in [0, 0.05) is 36.3 Å². The Balaban J connectivity index is 1.45. The van der Waals surface area contributed by atoms with Crippen LogP contribution < -0.4 is 15.5 Å². The lowest BCUT2D eigenvalue weighted by Gasteiger charge is -2.31. The molecule has 2 amide bonds. The van der Waals surface area contributed by atoms with Crippen molar-refractivity contribution in [1.29, 1.82) is 0 Å². The summed E-state index contributed by atoms with van der Waals surface area (Å²) >= 11 is 7.33. The molecule has 7 nitrogen and oxygen atoms in total. The van der Waals surface area contributed by atoms with Crippen LogP contribution in [-0.4, -0.2) is 47.4 Å². The maximum absolute atomic E-state index is 12.3. The molecule has 9 heteroatoms. The molecule has 31 heavy (non-hydrogen) atoms. The summed E-state index contributed by atoms with van der Waals surface area (Å²) in [5, 5.41) is 15.7. The smallest absolute Gasteiger partial charge is 0.234 e. The predicted octanol–water partition coefficient (Wildman–Crippen LogP) is 3.91. The van der Waals surface area contributed by atoms with Gasteiger partial charge in [-0.3, -0.25) is 9.59 Å². The first-order chi connectivity index (χ1) is 15.0. The number of halogens is 1. The average Bonchev–Trinajstić information content (AvgIpc) is 2.79. The molecule has 0 spiro atoms. The fourth-order valence-corrected chi connectivity index (χ4v) is 4.16. The molecule has 1 aliphatic rings. The Morgan fingerprint density at radius 1 is 1.19 bits per heavy atom. The van der Waals surface area contributed by atoms with E-state index in [-0.39, 0.29) is 23.5 Å². The molecule has 0 atom stereocenters. The van der Waals surface area contributed by atoms with Crippen molar-refractivity contribution in [3.63, 3.8) is 0 Å². The third-order valence-corrected chi connectivity index (χ3v) is 6.34. The highest BCUT2D eigenvalue weighted by molar-refractivity contribution is 7.99. The lowest BCUT2D eigenvalue weighted by Crippen LogP contribution is -2.41. The number of hydrogen-bond donors (Lipinski definition) is 2. The molecule has 3 rings (SSSR count). The van der Waals surface area contributed by atoms with Gasteiger partial charge >= 0.3 is 0 Å². The minimum absolute atomic E-state index is 0.0761. The predicted molar refractivity (Wildman–Crippen MR) is 126 cm³/mol. The zero-order chi connectivity index (χ0) is 22.2. The summed E-state index contributed by atoms with van der Waals surface area (Å²) in [5.41, 5.74) is 1.67. The van der Waals surface area contributed by atoms with Gasteiger partial charge in [-0.25, -0.2) is 0 Å². The first-order valence-electron chi connectivity index (χ1n) is 10.5. The van der Waals surface area contributed by atoms with Crippen molar-refractivity contribution in [3.05, 3.63) is 40.9 Å². The Kier molecular flexibility index (Phi) is 8.54. The van der Waals surface area contributed by atoms with Crippen molar-refractivity contribution in [2.75, 3.05) is 35.6 Å². The van der Waals surface area contributed by atoms with Crippen molar-refractivity contribution in [3.8, 4) is 0 Å². The van der Waals surface area contributed by atoms with Crippen LogP contribution in [0.2, 0.25) is 5.02 Å². The Morgan fingerprint density at radius 3 is 2.65 bits per heavy atom. The minimum Gasteiger partial charge on any atom is -0.356 e. The summed E-state index contributed by atoms with van der Waals surface area (Å²) in [6.45, 7) is 6.28. The van der Waals surface area contributed by atoms with E-state index in [1.807, 2.05) is 25.1 Å². The van der Waals surface area contributed by atoms with Crippen LogP contribution in [-0.2, 0) is 9.59 Å². The summed E-state index contributed by atoms with van der Waals surface area (Å²) in [6, 6.07) is 9.21.